The zero-order chi connectivity index (χ0) is 85.8. The van der Waals surface area contributed by atoms with E-state index in [-0.39, 0.29) is 21.7 Å². The van der Waals surface area contributed by atoms with Gasteiger partial charge in [0, 0.05) is 119 Å². The fourth-order valence-corrected chi connectivity index (χ4v) is 20.8. The molecule has 0 spiro atoms. The molecule has 0 N–H and O–H groups in total. The van der Waals surface area contributed by atoms with Gasteiger partial charge >= 0.3 is 0 Å². The normalized spacial score (nSPS) is 12.4. The average Bonchev–Trinajstić information content (AvgIpc) is 1.58. The molecule has 126 heavy (non-hydrogen) atoms. The second-order valence-corrected chi connectivity index (χ2v) is 39.0. The monoisotopic (exact) mass is 1650 g/mol. The van der Waals surface area contributed by atoms with E-state index in [1.54, 1.807) is 0 Å². The van der Waals surface area contributed by atoms with Crippen LogP contribution in [0.15, 0.2) is 379 Å². The molecule has 25 rings (SSSR count). The molecule has 0 aliphatic rings. The predicted octanol–water partition coefficient (Wildman–Crippen LogP) is 33.6. The number of aromatic nitrogens is 5. The molecular weight excluding hydrogens is 1550 g/mol. The fraction of sp³-hybridized carbons (Fsp3) is 0.136. The molecule has 8 aromatic heterocycles. The summed E-state index contributed by atoms with van der Waals surface area (Å²) < 4.78 is 27.4. The third-order valence-electron chi connectivity index (χ3n) is 26.0. The maximum atomic E-state index is 6.41. The Kier molecular flexibility index (Phi) is 18.3. The number of para-hydroxylation sites is 8. The van der Waals surface area contributed by atoms with E-state index in [0.29, 0.717) is 0 Å². The van der Waals surface area contributed by atoms with Gasteiger partial charge in [0.1, 0.15) is 16.7 Å². The molecule has 0 bridgehead atoms. The van der Waals surface area contributed by atoms with E-state index in [9.17, 15) is 0 Å². The summed E-state index contributed by atoms with van der Waals surface area (Å²) in [5, 5.41) is 20.0. The van der Waals surface area contributed by atoms with Crippen LogP contribution in [0.2, 0.25) is 0 Å². The van der Waals surface area contributed by atoms with Crippen LogP contribution in [0.5, 0.6) is 0 Å². The van der Waals surface area contributed by atoms with Crippen molar-refractivity contribution in [2.24, 2.45) is 0 Å². The average molecular weight is 1650 g/mol. The van der Waals surface area contributed by atoms with Crippen molar-refractivity contribution in [2.75, 3.05) is 0 Å². The minimum Gasteiger partial charge on any atom is -0.456 e. The van der Waals surface area contributed by atoms with Crippen molar-refractivity contribution in [1.29, 1.82) is 0 Å². The van der Waals surface area contributed by atoms with Crippen LogP contribution < -0.4 is 0 Å². The van der Waals surface area contributed by atoms with Crippen molar-refractivity contribution in [3.8, 4) is 28.4 Å². The van der Waals surface area contributed by atoms with E-state index < -0.39 is 0 Å². The Bertz CT molecular complexity index is 8310. The number of benzene rings is 17. The lowest BCUT2D eigenvalue weighted by molar-refractivity contribution is 0.590. The van der Waals surface area contributed by atoms with Gasteiger partial charge < -0.3 is 31.7 Å². The van der Waals surface area contributed by atoms with Crippen LogP contribution in [0.4, 0.5) is 0 Å². The first-order valence-electron chi connectivity index (χ1n) is 44.0. The smallest absolute Gasteiger partial charge is 0.160 e. The molecule has 0 fully saturated rings. The van der Waals surface area contributed by atoms with Crippen LogP contribution in [0.1, 0.15) is 105 Å². The highest BCUT2D eigenvalue weighted by atomic mass is 32.1. The standard InChI is InChI=1S/C34H28N2.2C28H23NO.C28H23NS/c1-34(2,3)23-17-19-25(20-18-23)36-31-16-10-8-14-27(31)29-22-21-28-26-13-7-9-15-30(26)35(32(28)33(29)36)24-11-5-4-6-12-24;1-28(2,3)18-12-14-19(15-13-18)29-24-10-6-4-8-20(24)22-17-27-23(16-25(22)29)21-9-5-7-11-26(21)30-27;2*1-28(2,3)18-12-14-19(15-13-18)29-24-10-6-4-8-20(24)22-16-17-23-21-9-5-7-11-25(21)30-27(23)26(22)29/h4-22H,1-3H3;3*4-17H,1-3H3. The molecule has 17 aromatic carbocycles. The summed E-state index contributed by atoms with van der Waals surface area (Å²) in [5.74, 6) is 0. The first-order chi connectivity index (χ1) is 61.1. The Morgan fingerprint density at radius 3 is 0.929 bits per heavy atom. The van der Waals surface area contributed by atoms with E-state index >= 15 is 0 Å². The van der Waals surface area contributed by atoms with Gasteiger partial charge in [-0.2, -0.15) is 0 Å². The summed E-state index contributed by atoms with van der Waals surface area (Å²) in [4.78, 5) is 0. The SMILES string of the molecule is CC(C)(C)c1ccc(-n2c3ccccc3c3cc4oc5ccccc5c4cc32)cc1.CC(C)(C)c1ccc(-n2c3ccccc3c3ccc4c5ccccc5n(-c5ccccc5)c4c32)cc1.CC(C)(C)c1ccc(-n2c3ccccc3c3ccc4c5ccccc5oc4c32)cc1.CC(C)(C)c1ccc(-n2c3ccccc3c3ccc4c5ccccc5sc4c32)cc1. The van der Waals surface area contributed by atoms with Crippen LogP contribution in [0.3, 0.4) is 0 Å². The van der Waals surface area contributed by atoms with Gasteiger partial charge in [0.15, 0.2) is 5.58 Å². The molecular formula is C118H97N5O2S. The number of nitrogens with zero attached hydrogens (tertiary/aromatic N) is 5. The zero-order valence-corrected chi connectivity index (χ0v) is 74.0. The van der Waals surface area contributed by atoms with Crippen molar-refractivity contribution < 1.29 is 8.83 Å². The minimum atomic E-state index is 0.117. The summed E-state index contributed by atoms with van der Waals surface area (Å²) in [6, 6.07) is 134. The van der Waals surface area contributed by atoms with E-state index in [2.05, 4.69) is 452 Å². The molecule has 612 valence electrons. The summed E-state index contributed by atoms with van der Waals surface area (Å²) >= 11 is 1.90. The molecule has 8 heterocycles. The van der Waals surface area contributed by atoms with Crippen LogP contribution in [-0.2, 0) is 21.7 Å². The second-order valence-electron chi connectivity index (χ2n) is 38.0. The number of rotatable bonds is 5. The molecule has 0 saturated heterocycles. The summed E-state index contributed by atoms with van der Waals surface area (Å²) in [6.07, 6.45) is 0. The molecule has 0 atom stereocenters. The number of thiophene rings is 1. The van der Waals surface area contributed by atoms with Gasteiger partial charge in [0.25, 0.3) is 0 Å². The van der Waals surface area contributed by atoms with Crippen molar-refractivity contribution >= 4 is 184 Å². The molecule has 8 heteroatoms. The molecule has 7 nitrogen and oxygen atoms in total. The summed E-state index contributed by atoms with van der Waals surface area (Å²) in [5.41, 5.74) is 27.9. The Labute approximate surface area is 736 Å². The minimum absolute atomic E-state index is 0.117. The van der Waals surface area contributed by atoms with Crippen LogP contribution in [-0.4, -0.2) is 22.8 Å². The van der Waals surface area contributed by atoms with Gasteiger partial charge in [-0.1, -0.05) is 326 Å². The quantitative estimate of drug-likeness (QED) is 0.172. The largest absolute Gasteiger partial charge is 0.456 e. The molecule has 0 radical (unpaired) electrons. The van der Waals surface area contributed by atoms with Gasteiger partial charge in [-0.3, -0.25) is 0 Å². The Morgan fingerprint density at radius 2 is 0.492 bits per heavy atom. The first-order valence-corrected chi connectivity index (χ1v) is 44.8. The number of furan rings is 2. The Morgan fingerprint density at radius 1 is 0.190 bits per heavy atom. The van der Waals surface area contributed by atoms with E-state index in [1.165, 1.54) is 169 Å². The maximum Gasteiger partial charge on any atom is 0.160 e. The molecule has 0 aliphatic heterocycles. The molecule has 0 unspecified atom stereocenters. The lowest BCUT2D eigenvalue weighted by Gasteiger charge is -2.19. The molecule has 0 aliphatic carbocycles. The lowest BCUT2D eigenvalue weighted by Crippen LogP contribution is -2.10. The topological polar surface area (TPSA) is 50.9 Å². The van der Waals surface area contributed by atoms with Crippen molar-refractivity contribution in [3.05, 3.63) is 392 Å². The van der Waals surface area contributed by atoms with Crippen LogP contribution >= 0.6 is 11.3 Å². The van der Waals surface area contributed by atoms with Gasteiger partial charge in [-0.15, -0.1) is 11.3 Å². The van der Waals surface area contributed by atoms with Crippen LogP contribution in [0.25, 0.3) is 202 Å². The highest BCUT2D eigenvalue weighted by Gasteiger charge is 2.27. The van der Waals surface area contributed by atoms with Gasteiger partial charge in [-0.05, 0) is 171 Å². The zero-order valence-electron chi connectivity index (χ0n) is 73.2. The lowest BCUT2D eigenvalue weighted by atomic mass is 9.87. The highest BCUT2D eigenvalue weighted by Crippen LogP contribution is 2.48. The Hall–Kier alpha value is -14.4. The first kappa shape index (κ1) is 77.6. The van der Waals surface area contributed by atoms with Crippen LogP contribution in [0, 0.1) is 0 Å². The predicted molar refractivity (Wildman–Crippen MR) is 540 cm³/mol. The fourth-order valence-electron chi connectivity index (χ4n) is 19.5. The van der Waals surface area contributed by atoms with E-state index in [1.807, 2.05) is 35.6 Å². The van der Waals surface area contributed by atoms with Crippen molar-refractivity contribution in [3.63, 3.8) is 0 Å². The molecule has 0 amide bonds. The van der Waals surface area contributed by atoms with Gasteiger partial charge in [0.05, 0.1) is 59.9 Å². The van der Waals surface area contributed by atoms with Gasteiger partial charge in [0.2, 0.25) is 0 Å². The summed E-state index contributed by atoms with van der Waals surface area (Å²) in [7, 11) is 0. The van der Waals surface area contributed by atoms with Gasteiger partial charge in [-0.25, -0.2) is 0 Å². The second kappa shape index (κ2) is 29.7. The highest BCUT2D eigenvalue weighted by molar-refractivity contribution is 7.26. The Balaban J connectivity index is 0.0000000997. The third-order valence-corrected chi connectivity index (χ3v) is 27.2. The molecule has 25 aromatic rings. The maximum absolute atomic E-state index is 6.41. The summed E-state index contributed by atoms with van der Waals surface area (Å²) in [6.45, 7) is 27.1. The number of fused-ring (bicyclic) bond motifs is 27. The third kappa shape index (κ3) is 12.9. The van der Waals surface area contributed by atoms with E-state index in [0.717, 1.165) is 55.1 Å². The number of hydrogen-bond donors (Lipinski definition) is 0. The van der Waals surface area contributed by atoms with Crippen molar-refractivity contribution in [1.82, 2.24) is 22.8 Å². The van der Waals surface area contributed by atoms with Crippen molar-refractivity contribution in [2.45, 2.75) is 105 Å². The number of hydrogen-bond acceptors (Lipinski definition) is 3. The van der Waals surface area contributed by atoms with E-state index in [4.69, 9.17) is 8.83 Å². The molecule has 0 saturated carbocycles.